The number of cyclic esters (lactones) is 1. The van der Waals surface area contributed by atoms with Gasteiger partial charge in [0.2, 0.25) is 5.76 Å². The molecule has 0 spiro atoms. The van der Waals surface area contributed by atoms with Crippen molar-refractivity contribution in [1.82, 2.24) is 9.88 Å². The van der Waals surface area contributed by atoms with Crippen LogP contribution in [0.3, 0.4) is 0 Å². The zero-order chi connectivity index (χ0) is 20.2. The molecule has 1 N–H and O–H groups in total. The number of thiophene rings is 1. The highest BCUT2D eigenvalue weighted by Gasteiger charge is 2.75. The van der Waals surface area contributed by atoms with Crippen LogP contribution in [0, 0.1) is 5.92 Å². The lowest BCUT2D eigenvalue weighted by Crippen LogP contribution is -2.36. The maximum atomic E-state index is 12.7. The van der Waals surface area contributed by atoms with E-state index in [1.165, 1.54) is 23.3 Å². The van der Waals surface area contributed by atoms with Crippen LogP contribution >= 0.6 is 23.3 Å². The molecule has 1 aromatic carbocycles. The largest absolute Gasteiger partial charge is 0.464 e. The van der Waals surface area contributed by atoms with E-state index in [-0.39, 0.29) is 23.5 Å². The van der Waals surface area contributed by atoms with Gasteiger partial charge in [0.1, 0.15) is 11.2 Å². The highest BCUT2D eigenvalue weighted by molar-refractivity contribution is 7.99. The van der Waals surface area contributed by atoms with Crippen molar-refractivity contribution < 1.29 is 27.2 Å². The predicted molar refractivity (Wildman–Crippen MR) is 100 cm³/mol. The van der Waals surface area contributed by atoms with Crippen LogP contribution in [0.1, 0.15) is 17.2 Å². The predicted octanol–water partition coefficient (Wildman–Crippen LogP) is 4.73. The summed E-state index contributed by atoms with van der Waals surface area (Å²) in [5.41, 5.74) is 0.434. The van der Waals surface area contributed by atoms with Crippen LogP contribution < -0.4 is 4.72 Å². The number of fused-ring (bicyclic) bond motifs is 1. The molecule has 0 radical (unpaired) electrons. The molecule has 3 unspecified atom stereocenters. The lowest BCUT2D eigenvalue weighted by atomic mass is 10.1. The number of carbonyl (C=O) groups is 1. The lowest BCUT2D eigenvalue weighted by Gasteiger charge is -2.14. The summed E-state index contributed by atoms with van der Waals surface area (Å²) < 4.78 is 51.7. The van der Waals surface area contributed by atoms with Gasteiger partial charge in [0.05, 0.1) is 15.7 Å². The lowest BCUT2D eigenvalue weighted by molar-refractivity contribution is -0.155. The fourth-order valence-electron chi connectivity index (χ4n) is 3.76. The molecule has 5 rings (SSSR count). The molecule has 0 bridgehead atoms. The van der Waals surface area contributed by atoms with E-state index < -0.39 is 17.5 Å². The molecule has 0 amide bonds. The van der Waals surface area contributed by atoms with Crippen molar-refractivity contribution in [2.75, 3.05) is 6.61 Å². The van der Waals surface area contributed by atoms with Gasteiger partial charge in [0.25, 0.3) is 0 Å². The molecule has 2 fully saturated rings. The Morgan fingerprint density at radius 2 is 2.00 bits per heavy atom. The van der Waals surface area contributed by atoms with Gasteiger partial charge >= 0.3 is 12.1 Å². The molecule has 1 saturated carbocycles. The van der Waals surface area contributed by atoms with Crippen molar-refractivity contribution in [1.29, 1.82) is 0 Å². The van der Waals surface area contributed by atoms with E-state index in [9.17, 15) is 18.0 Å². The van der Waals surface area contributed by atoms with Gasteiger partial charge in [-0.3, -0.25) is 0 Å². The fourth-order valence-corrected chi connectivity index (χ4v) is 5.78. The van der Waals surface area contributed by atoms with Crippen LogP contribution in [0.5, 0.6) is 0 Å². The van der Waals surface area contributed by atoms with Gasteiger partial charge in [-0.1, -0.05) is 35.5 Å². The summed E-state index contributed by atoms with van der Waals surface area (Å²) in [4.78, 5) is 13.0. The normalized spacial score (nSPS) is 25.7. The minimum atomic E-state index is -4.57. The number of rotatable bonds is 5. The quantitative estimate of drug-likeness (QED) is 0.459. The highest BCUT2D eigenvalue weighted by Crippen LogP contribution is 2.62. The van der Waals surface area contributed by atoms with Crippen LogP contribution in [0.2, 0.25) is 0 Å². The molecule has 10 heteroatoms. The van der Waals surface area contributed by atoms with Crippen LogP contribution in [-0.2, 0) is 15.7 Å². The first kappa shape index (κ1) is 18.7. The van der Waals surface area contributed by atoms with Crippen molar-refractivity contribution in [3.8, 4) is 10.6 Å². The van der Waals surface area contributed by atoms with Crippen LogP contribution in [0.15, 0.2) is 57.3 Å². The monoisotopic (exact) mass is 438 g/mol. The van der Waals surface area contributed by atoms with E-state index in [1.54, 1.807) is 12.1 Å². The number of alkyl halides is 3. The number of ether oxygens (including phenoxy) is 1. The van der Waals surface area contributed by atoms with E-state index in [4.69, 9.17) is 4.74 Å². The average molecular weight is 438 g/mol. The molecule has 3 atom stereocenters. The fraction of sp³-hybridized carbons (Fsp3) is 0.263. The second kappa shape index (κ2) is 6.61. The SMILES string of the molecule is O=C1OCC2C(c3ccccc3)C12NSc1ccc(-c2cc(C(F)(F)F)on2)s1. The number of nitrogens with zero attached hydrogens (tertiary/aromatic N) is 1. The van der Waals surface area contributed by atoms with Gasteiger partial charge in [0, 0.05) is 17.9 Å². The number of nitrogens with one attached hydrogen (secondary N) is 1. The minimum Gasteiger partial charge on any atom is -0.464 e. The van der Waals surface area contributed by atoms with Crippen LogP contribution in [0.4, 0.5) is 13.2 Å². The van der Waals surface area contributed by atoms with Gasteiger partial charge in [-0.05, 0) is 29.6 Å². The Balaban J connectivity index is 1.32. The summed E-state index contributed by atoms with van der Waals surface area (Å²) >= 11 is 2.54. The molecule has 1 saturated heterocycles. The highest BCUT2D eigenvalue weighted by atomic mass is 32.2. The number of hydrogen-bond donors (Lipinski definition) is 1. The van der Waals surface area contributed by atoms with Gasteiger partial charge < -0.3 is 9.26 Å². The Hall–Kier alpha value is -2.30. The molecule has 150 valence electrons. The maximum Gasteiger partial charge on any atom is 0.452 e. The van der Waals surface area contributed by atoms with Crippen molar-refractivity contribution in [3.05, 3.63) is 59.9 Å². The Bertz CT molecular complexity index is 1070. The number of aromatic nitrogens is 1. The molecular weight excluding hydrogens is 425 g/mol. The summed E-state index contributed by atoms with van der Waals surface area (Å²) in [6.07, 6.45) is -4.57. The van der Waals surface area contributed by atoms with E-state index in [1.807, 2.05) is 30.3 Å². The Labute approximate surface area is 171 Å². The van der Waals surface area contributed by atoms with Crippen LogP contribution in [0.25, 0.3) is 10.6 Å². The summed E-state index contributed by atoms with van der Waals surface area (Å²) in [6.45, 7) is 0.376. The maximum absolute atomic E-state index is 12.7. The van der Waals surface area contributed by atoms with Crippen LogP contribution in [-0.4, -0.2) is 23.3 Å². The Kier molecular flexibility index (Phi) is 4.27. The molecule has 3 aromatic rings. The molecule has 2 aromatic heterocycles. The smallest absolute Gasteiger partial charge is 0.452 e. The van der Waals surface area contributed by atoms with E-state index in [2.05, 4.69) is 14.4 Å². The summed E-state index contributed by atoms with van der Waals surface area (Å²) in [6, 6.07) is 14.1. The Morgan fingerprint density at radius 3 is 2.72 bits per heavy atom. The standard InChI is InChI=1S/C19H13F3N2O3S2/c20-19(21,22)14-8-12(23-27-14)13-6-7-15(28-13)29-24-18-11(9-26-17(18)25)16(18)10-4-2-1-3-5-10/h1-8,11,16,24H,9H2. The summed E-state index contributed by atoms with van der Waals surface area (Å²) in [5, 5.41) is 3.50. The van der Waals surface area contributed by atoms with Crippen molar-refractivity contribution in [2.45, 2.75) is 21.8 Å². The number of benzene rings is 1. The second-order valence-corrected chi connectivity index (χ2v) is 9.05. The summed E-state index contributed by atoms with van der Waals surface area (Å²) in [5.74, 6) is -1.30. The van der Waals surface area contributed by atoms with Gasteiger partial charge in [0.15, 0.2) is 0 Å². The summed E-state index contributed by atoms with van der Waals surface area (Å²) in [7, 11) is 0. The topological polar surface area (TPSA) is 64.4 Å². The third-order valence-electron chi connectivity index (χ3n) is 5.20. The van der Waals surface area contributed by atoms with Crippen molar-refractivity contribution in [3.63, 3.8) is 0 Å². The number of hydrogen-bond acceptors (Lipinski definition) is 7. The van der Waals surface area contributed by atoms with E-state index >= 15 is 0 Å². The third-order valence-corrected chi connectivity index (χ3v) is 7.38. The molecule has 5 nitrogen and oxygen atoms in total. The first-order valence-electron chi connectivity index (χ1n) is 8.70. The van der Waals surface area contributed by atoms with Gasteiger partial charge in [-0.2, -0.15) is 13.2 Å². The molecule has 3 heterocycles. The van der Waals surface area contributed by atoms with Gasteiger partial charge in [-0.15, -0.1) is 11.3 Å². The molecule has 1 aliphatic carbocycles. The zero-order valence-electron chi connectivity index (χ0n) is 14.6. The molecular formula is C19H13F3N2O3S2. The van der Waals surface area contributed by atoms with Crippen molar-refractivity contribution >= 4 is 29.3 Å². The first-order valence-corrected chi connectivity index (χ1v) is 10.3. The number of halogens is 3. The average Bonchev–Trinajstić information content (AvgIpc) is 3.15. The number of carbonyl (C=O) groups excluding carboxylic acids is 1. The molecule has 1 aliphatic heterocycles. The van der Waals surface area contributed by atoms with E-state index in [0.717, 1.165) is 15.8 Å². The van der Waals surface area contributed by atoms with E-state index in [0.29, 0.717) is 11.5 Å². The zero-order valence-corrected chi connectivity index (χ0v) is 16.2. The van der Waals surface area contributed by atoms with Crippen molar-refractivity contribution in [2.24, 2.45) is 5.92 Å². The second-order valence-electron chi connectivity index (χ2n) is 6.86. The van der Waals surface area contributed by atoms with Gasteiger partial charge in [-0.25, -0.2) is 9.52 Å². The minimum absolute atomic E-state index is 0.0433. The molecule has 2 aliphatic rings. The third kappa shape index (κ3) is 3.06. The Morgan fingerprint density at radius 1 is 1.21 bits per heavy atom. The number of esters is 1. The first-order chi connectivity index (χ1) is 13.9. The molecule has 29 heavy (non-hydrogen) atoms.